The molecular formula is C16H20N4O6S. The van der Waals surface area contributed by atoms with Gasteiger partial charge in [-0.25, -0.2) is 19.0 Å². The molecule has 3 N–H and O–H groups in total. The van der Waals surface area contributed by atoms with Gasteiger partial charge in [-0.1, -0.05) is 0 Å². The second-order valence-electron chi connectivity index (χ2n) is 6.48. The fraction of sp³-hybridized carbons (Fsp3) is 0.312. The number of nitrogens with one attached hydrogen (secondary N) is 1. The zero-order chi connectivity index (χ0) is 20.4. The topological polar surface area (TPSA) is 143 Å². The molecule has 0 atom stereocenters. The van der Waals surface area contributed by atoms with Crippen LogP contribution in [-0.2, 0) is 19.5 Å². The second-order valence-corrected chi connectivity index (χ2v) is 8.08. The quantitative estimate of drug-likeness (QED) is 0.739. The number of rotatable bonds is 4. The van der Waals surface area contributed by atoms with Crippen molar-refractivity contribution in [3.8, 4) is 5.69 Å². The van der Waals surface area contributed by atoms with Crippen molar-refractivity contribution >= 4 is 27.8 Å². The van der Waals surface area contributed by atoms with Crippen molar-refractivity contribution < 1.29 is 27.5 Å². The van der Waals surface area contributed by atoms with Crippen LogP contribution in [0.1, 0.15) is 31.1 Å². The van der Waals surface area contributed by atoms with E-state index in [2.05, 4.69) is 9.84 Å². The Balaban J connectivity index is 2.27. The van der Waals surface area contributed by atoms with Gasteiger partial charge in [0.1, 0.15) is 5.60 Å². The van der Waals surface area contributed by atoms with E-state index in [1.807, 2.05) is 0 Å². The number of aromatic nitrogens is 2. The van der Waals surface area contributed by atoms with E-state index in [1.165, 1.54) is 42.3 Å². The minimum Gasteiger partial charge on any atom is -0.465 e. The molecule has 10 nitrogen and oxygen atoms in total. The molecule has 0 fully saturated rings. The van der Waals surface area contributed by atoms with Crippen LogP contribution in [0.3, 0.4) is 0 Å². The number of nitrogens with zero attached hydrogens (tertiary/aromatic N) is 2. The third-order valence-corrected chi connectivity index (χ3v) is 4.39. The van der Waals surface area contributed by atoms with Crippen molar-refractivity contribution in [1.29, 1.82) is 0 Å². The molecule has 0 aliphatic heterocycles. The molecule has 0 spiro atoms. The van der Waals surface area contributed by atoms with E-state index in [1.54, 1.807) is 25.5 Å². The first kappa shape index (κ1) is 20.2. The monoisotopic (exact) mass is 396 g/mol. The number of carbonyl (C=O) groups excluding carboxylic acids is 2. The largest absolute Gasteiger partial charge is 0.465 e. The molecule has 11 heteroatoms. The van der Waals surface area contributed by atoms with Gasteiger partial charge in [0, 0.05) is 0 Å². The zero-order valence-corrected chi connectivity index (χ0v) is 16.0. The molecule has 0 bridgehead atoms. The summed E-state index contributed by atoms with van der Waals surface area (Å²) in [5, 5.41) is 3.39. The van der Waals surface area contributed by atoms with E-state index in [9.17, 15) is 18.0 Å². The van der Waals surface area contributed by atoms with Gasteiger partial charge in [0.15, 0.2) is 0 Å². The summed E-state index contributed by atoms with van der Waals surface area (Å²) >= 11 is 0. The summed E-state index contributed by atoms with van der Waals surface area (Å²) in [6, 6.07) is 6.06. The van der Waals surface area contributed by atoms with Gasteiger partial charge in [0.05, 0.1) is 30.2 Å². The minimum absolute atomic E-state index is 0.164. The number of sulfonamides is 1. The average Bonchev–Trinajstić information content (AvgIpc) is 2.94. The summed E-state index contributed by atoms with van der Waals surface area (Å²) in [5.41, 5.74) is 5.48. The van der Waals surface area contributed by atoms with Crippen LogP contribution in [0.2, 0.25) is 0 Å². The van der Waals surface area contributed by atoms with E-state index in [-0.39, 0.29) is 5.69 Å². The highest BCUT2D eigenvalue weighted by Gasteiger charge is 2.27. The Morgan fingerprint density at radius 2 is 1.78 bits per heavy atom. The molecule has 0 aliphatic rings. The first-order valence-electron chi connectivity index (χ1n) is 7.72. The number of hydrogen-bond acceptors (Lipinski definition) is 8. The Bertz CT molecular complexity index is 958. The van der Waals surface area contributed by atoms with Crippen LogP contribution in [-0.4, -0.2) is 43.0 Å². The van der Waals surface area contributed by atoms with Crippen LogP contribution in [0.4, 0.5) is 10.5 Å². The summed E-state index contributed by atoms with van der Waals surface area (Å²) in [7, 11) is -3.07. The number of amides is 1. The maximum atomic E-state index is 12.3. The molecule has 1 heterocycles. The molecule has 146 valence electrons. The van der Waals surface area contributed by atoms with Gasteiger partial charge in [-0.3, -0.25) is 0 Å². The number of anilines is 1. The van der Waals surface area contributed by atoms with Gasteiger partial charge in [-0.05, 0) is 45.0 Å². The highest BCUT2D eigenvalue weighted by Crippen LogP contribution is 2.20. The Hall–Kier alpha value is -3.08. The molecule has 2 rings (SSSR count). The molecular weight excluding hydrogens is 376 g/mol. The summed E-state index contributed by atoms with van der Waals surface area (Å²) < 4.78 is 37.2. The van der Waals surface area contributed by atoms with Crippen molar-refractivity contribution in [2.45, 2.75) is 31.4 Å². The summed E-state index contributed by atoms with van der Waals surface area (Å²) in [5.74, 6) is -0.508. The lowest BCUT2D eigenvalue weighted by atomic mass is 10.2. The molecule has 0 unspecified atom stereocenters. The minimum atomic E-state index is -4.33. The van der Waals surface area contributed by atoms with E-state index in [4.69, 9.17) is 10.5 Å². The molecule has 0 saturated carbocycles. The number of carbonyl (C=O) groups is 2. The van der Waals surface area contributed by atoms with Crippen LogP contribution >= 0.6 is 0 Å². The third-order valence-electron chi connectivity index (χ3n) is 3.13. The molecule has 0 radical (unpaired) electrons. The second kappa shape index (κ2) is 7.27. The molecule has 1 amide bonds. The number of esters is 1. The number of ether oxygens (including phenoxy) is 2. The smallest absolute Gasteiger partial charge is 0.421 e. The fourth-order valence-corrected chi connectivity index (χ4v) is 2.95. The molecule has 1 aromatic heterocycles. The van der Waals surface area contributed by atoms with Gasteiger partial charge in [0.25, 0.3) is 10.0 Å². The van der Waals surface area contributed by atoms with E-state index >= 15 is 0 Å². The van der Waals surface area contributed by atoms with Gasteiger partial charge >= 0.3 is 12.1 Å². The maximum Gasteiger partial charge on any atom is 0.421 e. The van der Waals surface area contributed by atoms with Crippen molar-refractivity contribution in [2.75, 3.05) is 12.8 Å². The van der Waals surface area contributed by atoms with E-state index in [0.29, 0.717) is 11.3 Å². The predicted molar refractivity (Wildman–Crippen MR) is 95.9 cm³/mol. The summed E-state index contributed by atoms with van der Waals surface area (Å²) in [6.45, 7) is 4.79. The molecule has 2 aromatic rings. The SMILES string of the molecule is COC(=O)c1ccc(-n2cc(N)c(S(=O)(=O)NC(=O)OC(C)(C)C)n2)cc1. The van der Waals surface area contributed by atoms with Gasteiger partial charge in [-0.15, -0.1) is 0 Å². The predicted octanol–water partition coefficient (Wildman–Crippen LogP) is 1.45. The Kier molecular flexibility index (Phi) is 5.45. The summed E-state index contributed by atoms with van der Waals surface area (Å²) in [6.07, 6.45) is 0.135. The Labute approximate surface area is 156 Å². The first-order valence-corrected chi connectivity index (χ1v) is 9.21. The van der Waals surface area contributed by atoms with Gasteiger partial charge in [0.2, 0.25) is 5.03 Å². The van der Waals surface area contributed by atoms with E-state index in [0.717, 1.165) is 0 Å². The van der Waals surface area contributed by atoms with Crippen LogP contribution in [0.5, 0.6) is 0 Å². The van der Waals surface area contributed by atoms with Crippen LogP contribution in [0.15, 0.2) is 35.5 Å². The lowest BCUT2D eigenvalue weighted by molar-refractivity contribution is 0.0567. The number of benzene rings is 1. The molecule has 0 aliphatic carbocycles. The van der Waals surface area contributed by atoms with Crippen molar-refractivity contribution in [2.24, 2.45) is 0 Å². The van der Waals surface area contributed by atoms with Crippen molar-refractivity contribution in [3.63, 3.8) is 0 Å². The molecule has 0 saturated heterocycles. The Morgan fingerprint density at radius 3 is 2.30 bits per heavy atom. The lowest BCUT2D eigenvalue weighted by Crippen LogP contribution is -2.36. The third kappa shape index (κ3) is 4.97. The van der Waals surface area contributed by atoms with Crippen LogP contribution < -0.4 is 10.5 Å². The van der Waals surface area contributed by atoms with Gasteiger partial charge in [-0.2, -0.15) is 13.5 Å². The number of hydrogen-bond donors (Lipinski definition) is 2. The van der Waals surface area contributed by atoms with Crippen LogP contribution in [0.25, 0.3) is 5.69 Å². The highest BCUT2D eigenvalue weighted by atomic mass is 32.2. The molecule has 27 heavy (non-hydrogen) atoms. The van der Waals surface area contributed by atoms with E-state index < -0.39 is 32.7 Å². The van der Waals surface area contributed by atoms with Crippen molar-refractivity contribution in [3.05, 3.63) is 36.0 Å². The highest BCUT2D eigenvalue weighted by molar-refractivity contribution is 7.90. The number of methoxy groups -OCH3 is 1. The standard InChI is InChI=1S/C16H20N4O6S/c1-16(2,3)26-15(22)19-27(23,24)13-12(17)9-20(18-13)11-7-5-10(6-8-11)14(21)25-4/h5-9H,17H2,1-4H3,(H,19,22). The number of nitrogens with two attached hydrogens (primary N) is 1. The lowest BCUT2D eigenvalue weighted by Gasteiger charge is -2.19. The Morgan fingerprint density at radius 1 is 1.19 bits per heavy atom. The average molecular weight is 396 g/mol. The van der Waals surface area contributed by atoms with Crippen LogP contribution in [0, 0.1) is 0 Å². The zero-order valence-electron chi connectivity index (χ0n) is 15.2. The first-order chi connectivity index (χ1) is 12.4. The summed E-state index contributed by atoms with van der Waals surface area (Å²) in [4.78, 5) is 23.2. The maximum absolute atomic E-state index is 12.3. The van der Waals surface area contributed by atoms with Crippen molar-refractivity contribution in [1.82, 2.24) is 14.5 Å². The fourth-order valence-electron chi connectivity index (χ4n) is 2.04. The number of nitrogen functional groups attached to an aromatic ring is 1. The normalized spacial score (nSPS) is 11.7. The molecule has 1 aromatic carbocycles. The van der Waals surface area contributed by atoms with Gasteiger partial charge < -0.3 is 15.2 Å².